The van der Waals surface area contributed by atoms with E-state index in [1.807, 2.05) is 60.4 Å². The second-order valence-corrected chi connectivity index (χ2v) is 7.18. The molecule has 0 aliphatic rings. The van der Waals surface area contributed by atoms with Gasteiger partial charge in [0.05, 0.1) is 0 Å². The molecule has 3 aromatic carbocycles. The molecule has 1 amide bonds. The summed E-state index contributed by atoms with van der Waals surface area (Å²) in [4.78, 5) is 15.3. The standard InChI is InChI=1S/C26H29NO2/c1-3-21-15-17-24(18-16-21)29-25(4-2)26(28)27(19-22-11-7-5-8-12-22)20-23-13-9-6-10-14-23/h5-18,25H,3-4,19-20H2,1-2H3. The zero-order chi connectivity index (χ0) is 20.5. The van der Waals surface area contributed by atoms with Gasteiger partial charge in [0, 0.05) is 13.1 Å². The van der Waals surface area contributed by atoms with E-state index in [-0.39, 0.29) is 5.91 Å². The maximum absolute atomic E-state index is 13.4. The first-order valence-corrected chi connectivity index (χ1v) is 10.3. The lowest BCUT2D eigenvalue weighted by Gasteiger charge is -2.28. The topological polar surface area (TPSA) is 29.5 Å². The molecule has 0 aliphatic heterocycles. The number of rotatable bonds is 9. The molecule has 1 atom stereocenters. The van der Waals surface area contributed by atoms with Gasteiger partial charge < -0.3 is 9.64 Å². The van der Waals surface area contributed by atoms with Crippen molar-refractivity contribution >= 4 is 5.91 Å². The van der Waals surface area contributed by atoms with Gasteiger partial charge in [0.15, 0.2) is 6.10 Å². The van der Waals surface area contributed by atoms with E-state index in [2.05, 4.69) is 43.3 Å². The highest BCUT2D eigenvalue weighted by molar-refractivity contribution is 5.81. The maximum atomic E-state index is 13.4. The molecule has 0 spiro atoms. The molecule has 0 fully saturated rings. The molecule has 150 valence electrons. The fourth-order valence-electron chi connectivity index (χ4n) is 3.30. The van der Waals surface area contributed by atoms with Crippen LogP contribution < -0.4 is 4.74 Å². The minimum Gasteiger partial charge on any atom is -0.481 e. The SMILES string of the molecule is CCc1ccc(OC(CC)C(=O)N(Cc2ccccc2)Cc2ccccc2)cc1. The molecule has 3 rings (SSSR count). The molecule has 0 N–H and O–H groups in total. The Morgan fingerprint density at radius 1 is 0.759 bits per heavy atom. The summed E-state index contributed by atoms with van der Waals surface area (Å²) in [6, 6.07) is 28.2. The number of carbonyl (C=O) groups is 1. The molecule has 0 aliphatic carbocycles. The summed E-state index contributed by atoms with van der Waals surface area (Å²) in [7, 11) is 0. The third-order valence-electron chi connectivity index (χ3n) is 5.00. The summed E-state index contributed by atoms with van der Waals surface area (Å²) in [5.74, 6) is 0.751. The Bertz CT molecular complexity index is 834. The molecular weight excluding hydrogens is 358 g/mol. The summed E-state index contributed by atoms with van der Waals surface area (Å²) < 4.78 is 6.09. The molecule has 3 aromatic rings. The van der Waals surface area contributed by atoms with Crippen molar-refractivity contribution in [3.05, 3.63) is 102 Å². The summed E-state index contributed by atoms with van der Waals surface area (Å²) in [5, 5.41) is 0. The van der Waals surface area contributed by atoms with E-state index in [4.69, 9.17) is 4.74 Å². The second-order valence-electron chi connectivity index (χ2n) is 7.18. The van der Waals surface area contributed by atoms with Crippen molar-refractivity contribution in [2.75, 3.05) is 0 Å². The average molecular weight is 388 g/mol. The van der Waals surface area contributed by atoms with Gasteiger partial charge in [0.2, 0.25) is 0 Å². The average Bonchev–Trinajstić information content (AvgIpc) is 2.78. The third kappa shape index (κ3) is 5.95. The fraction of sp³-hybridized carbons (Fsp3) is 0.269. The van der Waals surface area contributed by atoms with E-state index in [0.29, 0.717) is 19.5 Å². The minimum absolute atomic E-state index is 0.0137. The lowest BCUT2D eigenvalue weighted by atomic mass is 10.1. The molecule has 0 radical (unpaired) electrons. The fourth-order valence-corrected chi connectivity index (χ4v) is 3.30. The van der Waals surface area contributed by atoms with Crippen LogP contribution in [0.3, 0.4) is 0 Å². The number of aryl methyl sites for hydroxylation is 1. The number of amides is 1. The maximum Gasteiger partial charge on any atom is 0.264 e. The predicted molar refractivity (Wildman–Crippen MR) is 118 cm³/mol. The molecule has 1 unspecified atom stereocenters. The number of hydrogen-bond acceptors (Lipinski definition) is 2. The van der Waals surface area contributed by atoms with Crippen LogP contribution in [0.25, 0.3) is 0 Å². The molecule has 3 heteroatoms. The van der Waals surface area contributed by atoms with Gasteiger partial charge in [0.25, 0.3) is 5.91 Å². The Morgan fingerprint density at radius 2 is 1.28 bits per heavy atom. The lowest BCUT2D eigenvalue weighted by Crippen LogP contribution is -2.41. The van der Waals surface area contributed by atoms with E-state index in [0.717, 1.165) is 23.3 Å². The summed E-state index contributed by atoms with van der Waals surface area (Å²) >= 11 is 0. The molecule has 29 heavy (non-hydrogen) atoms. The number of nitrogens with zero attached hydrogens (tertiary/aromatic N) is 1. The molecule has 0 aromatic heterocycles. The smallest absolute Gasteiger partial charge is 0.264 e. The van der Waals surface area contributed by atoms with Gasteiger partial charge >= 0.3 is 0 Å². The Hall–Kier alpha value is -3.07. The zero-order valence-electron chi connectivity index (χ0n) is 17.3. The lowest BCUT2D eigenvalue weighted by molar-refractivity contribution is -0.140. The van der Waals surface area contributed by atoms with E-state index in [9.17, 15) is 4.79 Å². The van der Waals surface area contributed by atoms with Gasteiger partial charge in [-0.2, -0.15) is 0 Å². The highest BCUT2D eigenvalue weighted by Gasteiger charge is 2.25. The number of carbonyl (C=O) groups excluding carboxylic acids is 1. The summed E-state index contributed by atoms with van der Waals surface area (Å²) in [6.07, 6.45) is 1.10. The van der Waals surface area contributed by atoms with Crippen LogP contribution >= 0.6 is 0 Å². The first-order valence-electron chi connectivity index (χ1n) is 10.3. The summed E-state index contributed by atoms with van der Waals surface area (Å²) in [6.45, 7) is 5.23. The quantitative estimate of drug-likeness (QED) is 0.476. The molecular formula is C26H29NO2. The number of ether oxygens (including phenoxy) is 1. The van der Waals surface area contributed by atoms with E-state index >= 15 is 0 Å². The Balaban J connectivity index is 1.78. The monoisotopic (exact) mass is 387 g/mol. The van der Waals surface area contributed by atoms with Crippen LogP contribution in [0.15, 0.2) is 84.9 Å². The van der Waals surface area contributed by atoms with Crippen LogP contribution in [0.4, 0.5) is 0 Å². The normalized spacial score (nSPS) is 11.7. The summed E-state index contributed by atoms with van der Waals surface area (Å²) in [5.41, 5.74) is 3.48. The van der Waals surface area contributed by atoms with Crippen LogP contribution in [-0.4, -0.2) is 16.9 Å². The van der Waals surface area contributed by atoms with Gasteiger partial charge in [-0.15, -0.1) is 0 Å². The highest BCUT2D eigenvalue weighted by Crippen LogP contribution is 2.19. The third-order valence-corrected chi connectivity index (χ3v) is 5.00. The molecule has 0 bridgehead atoms. The van der Waals surface area contributed by atoms with Crippen LogP contribution in [0.1, 0.15) is 37.0 Å². The van der Waals surface area contributed by atoms with E-state index < -0.39 is 6.10 Å². The van der Waals surface area contributed by atoms with Gasteiger partial charge in [-0.1, -0.05) is 86.6 Å². The number of hydrogen-bond donors (Lipinski definition) is 0. The van der Waals surface area contributed by atoms with E-state index in [1.54, 1.807) is 0 Å². The molecule has 3 nitrogen and oxygen atoms in total. The van der Waals surface area contributed by atoms with Gasteiger partial charge in [-0.25, -0.2) is 0 Å². The Kier molecular flexibility index (Phi) is 7.46. The van der Waals surface area contributed by atoms with Crippen molar-refractivity contribution < 1.29 is 9.53 Å². The predicted octanol–water partition coefficient (Wildman–Crippen LogP) is 5.64. The molecule has 0 saturated heterocycles. The first-order chi connectivity index (χ1) is 14.2. The van der Waals surface area contributed by atoms with Gasteiger partial charge in [-0.05, 0) is 41.7 Å². The minimum atomic E-state index is -0.505. The number of benzene rings is 3. The van der Waals surface area contributed by atoms with Crippen LogP contribution in [0, 0.1) is 0 Å². The van der Waals surface area contributed by atoms with Gasteiger partial charge in [-0.3, -0.25) is 4.79 Å². The van der Waals surface area contributed by atoms with Crippen molar-refractivity contribution in [1.82, 2.24) is 4.90 Å². The molecule has 0 saturated carbocycles. The second kappa shape index (κ2) is 10.5. The largest absolute Gasteiger partial charge is 0.481 e. The Labute approximate surface area is 174 Å². The van der Waals surface area contributed by atoms with Crippen molar-refractivity contribution in [1.29, 1.82) is 0 Å². The van der Waals surface area contributed by atoms with Crippen LogP contribution in [0.2, 0.25) is 0 Å². The van der Waals surface area contributed by atoms with Crippen molar-refractivity contribution in [2.24, 2.45) is 0 Å². The first kappa shape index (κ1) is 20.7. The van der Waals surface area contributed by atoms with Crippen LogP contribution in [-0.2, 0) is 24.3 Å². The van der Waals surface area contributed by atoms with Crippen molar-refractivity contribution in [3.63, 3.8) is 0 Å². The molecule has 0 heterocycles. The van der Waals surface area contributed by atoms with Crippen molar-refractivity contribution in [3.8, 4) is 5.75 Å². The van der Waals surface area contributed by atoms with Crippen LogP contribution in [0.5, 0.6) is 5.75 Å². The zero-order valence-corrected chi connectivity index (χ0v) is 17.3. The highest BCUT2D eigenvalue weighted by atomic mass is 16.5. The van der Waals surface area contributed by atoms with E-state index in [1.165, 1.54) is 5.56 Å². The Morgan fingerprint density at radius 3 is 1.72 bits per heavy atom. The van der Waals surface area contributed by atoms with Gasteiger partial charge in [0.1, 0.15) is 5.75 Å². The van der Waals surface area contributed by atoms with Crippen molar-refractivity contribution in [2.45, 2.75) is 45.9 Å².